The van der Waals surface area contributed by atoms with Gasteiger partial charge in [-0.3, -0.25) is 0 Å². The number of methoxy groups -OCH3 is 2. The second kappa shape index (κ2) is 7.22. The van der Waals surface area contributed by atoms with E-state index in [9.17, 15) is 28.0 Å². The molecule has 0 unspecified atom stereocenters. The molecule has 0 saturated heterocycles. The van der Waals surface area contributed by atoms with Crippen LogP contribution in [0.15, 0.2) is 29.2 Å². The van der Waals surface area contributed by atoms with E-state index in [1.807, 2.05) is 0 Å². The molecule has 0 atom stereocenters. The average molecular weight is 376 g/mol. The van der Waals surface area contributed by atoms with Gasteiger partial charge >= 0.3 is 162 Å². The van der Waals surface area contributed by atoms with Gasteiger partial charge in [-0.15, -0.1) is 0 Å². The molecule has 0 aromatic heterocycles. The monoisotopic (exact) mass is 376 g/mol. The maximum atomic E-state index is 12.7. The van der Waals surface area contributed by atoms with Gasteiger partial charge < -0.3 is 0 Å². The fraction of sp³-hybridized carbons (Fsp3) is 0.133. The van der Waals surface area contributed by atoms with Crippen molar-refractivity contribution in [2.24, 2.45) is 0 Å². The summed E-state index contributed by atoms with van der Waals surface area (Å²) in [4.78, 5) is 11.6. The number of phenolic OH excluding ortho intramolecular Hbond substituents is 2. The fourth-order valence-corrected chi connectivity index (χ4v) is 3.88. The number of benzene rings is 2. The van der Waals surface area contributed by atoms with E-state index in [1.165, 1.54) is 31.4 Å². The third-order valence-corrected chi connectivity index (χ3v) is 5.47. The van der Waals surface area contributed by atoms with E-state index in [0.717, 1.165) is 7.11 Å². The Balaban J connectivity index is 2.81. The summed E-state index contributed by atoms with van der Waals surface area (Å²) in [6.07, 6.45) is 0. The molecule has 2 rings (SSSR count). The van der Waals surface area contributed by atoms with Gasteiger partial charge in [-0.2, -0.15) is 0 Å². The van der Waals surface area contributed by atoms with Crippen molar-refractivity contribution >= 4 is 46.6 Å². The molecule has 0 radical (unpaired) electrons. The molecule has 0 aliphatic carbocycles. The summed E-state index contributed by atoms with van der Waals surface area (Å²) in [7, 11) is -2.42. The third kappa shape index (κ3) is 3.60. The Morgan fingerprint density at radius 3 is 2.04 bits per heavy atom. The second-order valence-electron chi connectivity index (χ2n) is 5.09. The number of phenols is 2. The molecule has 0 saturated carbocycles. The van der Waals surface area contributed by atoms with E-state index < -0.39 is 37.9 Å². The normalized spacial score (nSPS) is 11.2. The molecule has 0 heterocycles. The molecule has 0 amide bonds. The van der Waals surface area contributed by atoms with Crippen LogP contribution in [0, 0.1) is 0 Å². The second-order valence-corrected chi connectivity index (χ2v) is 7.45. The topological polar surface area (TPSA) is 130 Å². The van der Waals surface area contributed by atoms with Crippen molar-refractivity contribution in [3.8, 4) is 23.0 Å². The number of carbonyl (C=O) groups is 1. The van der Waals surface area contributed by atoms with Crippen LogP contribution in [0.2, 0.25) is 0 Å². The van der Waals surface area contributed by atoms with Crippen LogP contribution in [-0.2, 0) is 10.1 Å². The zero-order valence-electron chi connectivity index (χ0n) is 13.6. The van der Waals surface area contributed by atoms with Gasteiger partial charge in [0.2, 0.25) is 0 Å². The number of rotatable bonds is 5. The first kappa shape index (κ1) is 19.5. The van der Waals surface area contributed by atoms with E-state index in [4.69, 9.17) is 9.47 Å². The Bertz CT molecular complexity index is 935. The van der Waals surface area contributed by atoms with Crippen molar-refractivity contribution in [3.63, 3.8) is 0 Å². The van der Waals surface area contributed by atoms with Gasteiger partial charge in [0.15, 0.2) is 0 Å². The summed E-state index contributed by atoms with van der Waals surface area (Å²) >= 11 is 0.143. The van der Waals surface area contributed by atoms with Gasteiger partial charge in [0.1, 0.15) is 0 Å². The van der Waals surface area contributed by atoms with Gasteiger partial charge in [0, 0.05) is 0 Å². The molecule has 0 spiro atoms. The van der Waals surface area contributed by atoms with Crippen LogP contribution >= 0.6 is 0 Å². The number of hydrogen-bond acceptors (Lipinski definition) is 7. The maximum absolute atomic E-state index is 12.7. The number of carbonyl (C=O) groups excluding carboxylic acids is 1. The molecule has 10 heteroatoms. The molecule has 0 fully saturated rings. The third-order valence-electron chi connectivity index (χ3n) is 3.63. The number of ether oxygens (including phenoxy) is 2. The van der Waals surface area contributed by atoms with Crippen LogP contribution in [0.25, 0.3) is 0 Å². The van der Waals surface area contributed by atoms with Crippen molar-refractivity contribution in [2.75, 3.05) is 14.2 Å². The minimum atomic E-state index is -5.02. The molecule has 2 aromatic rings. The predicted octanol–water partition coefficient (Wildman–Crippen LogP) is 0.387. The van der Waals surface area contributed by atoms with Crippen LogP contribution in [0.4, 0.5) is 0 Å². The summed E-state index contributed by atoms with van der Waals surface area (Å²) in [6, 6.07) is 5.68. The zero-order chi connectivity index (χ0) is 18.9. The van der Waals surface area contributed by atoms with Crippen molar-refractivity contribution in [2.45, 2.75) is 4.90 Å². The van der Waals surface area contributed by atoms with Crippen molar-refractivity contribution < 1.29 is 37.5 Å². The molecule has 0 bridgehead atoms. The Morgan fingerprint density at radius 2 is 1.60 bits per heavy atom. The van der Waals surface area contributed by atoms with Crippen LogP contribution in [0.5, 0.6) is 23.0 Å². The van der Waals surface area contributed by atoms with E-state index >= 15 is 0 Å². The van der Waals surface area contributed by atoms with Crippen LogP contribution in [0.3, 0.4) is 0 Å². The van der Waals surface area contributed by atoms with E-state index in [2.05, 4.69) is 0 Å². The Kier molecular flexibility index (Phi) is 5.65. The van der Waals surface area contributed by atoms with E-state index in [0.29, 0.717) is 5.75 Å². The molecular formula is C15H13NaO8S. The van der Waals surface area contributed by atoms with Gasteiger partial charge in [0.05, 0.1) is 0 Å². The first-order valence-corrected chi connectivity index (χ1v) is 9.36. The molecule has 8 nitrogen and oxygen atoms in total. The summed E-state index contributed by atoms with van der Waals surface area (Å²) in [5, 5.41) is 20.5. The average Bonchev–Trinajstić information content (AvgIpc) is 2.56. The van der Waals surface area contributed by atoms with Gasteiger partial charge in [-0.1, -0.05) is 0 Å². The van der Waals surface area contributed by atoms with Crippen molar-refractivity contribution in [3.05, 3.63) is 35.4 Å². The molecule has 0 aliphatic heterocycles. The summed E-state index contributed by atoms with van der Waals surface area (Å²) in [6.45, 7) is 0. The van der Waals surface area contributed by atoms with E-state index in [-0.39, 0.29) is 42.1 Å². The van der Waals surface area contributed by atoms with Crippen LogP contribution < -0.4 is 12.3 Å². The molecule has 25 heavy (non-hydrogen) atoms. The summed E-state index contributed by atoms with van der Waals surface area (Å²) < 4.78 is 42.8. The number of aromatic hydroxyl groups is 2. The van der Waals surface area contributed by atoms with Crippen LogP contribution in [0.1, 0.15) is 15.9 Å². The Hall–Kier alpha value is -1.78. The van der Waals surface area contributed by atoms with Crippen LogP contribution in [-0.4, -0.2) is 71.1 Å². The predicted molar refractivity (Wildman–Crippen MR) is 88.0 cm³/mol. The molecule has 128 valence electrons. The Labute approximate surface area is 161 Å². The molecule has 2 aromatic carbocycles. The zero-order valence-corrected chi connectivity index (χ0v) is 16.4. The van der Waals surface area contributed by atoms with E-state index in [1.54, 1.807) is 0 Å². The molecular weight excluding hydrogens is 363 g/mol. The van der Waals surface area contributed by atoms with Crippen molar-refractivity contribution in [1.82, 2.24) is 0 Å². The number of hydrogen-bond donors (Lipinski definition) is 3. The first-order valence-electron chi connectivity index (χ1n) is 6.92. The van der Waals surface area contributed by atoms with Gasteiger partial charge in [-0.25, -0.2) is 0 Å². The summed E-state index contributed by atoms with van der Waals surface area (Å²) in [5.41, 5.74) is -0.678. The molecule has 3 N–H and O–H groups in total. The number of ketones is 1. The van der Waals surface area contributed by atoms with Crippen molar-refractivity contribution in [1.29, 1.82) is 0 Å². The van der Waals surface area contributed by atoms with Gasteiger partial charge in [0.25, 0.3) is 0 Å². The Morgan fingerprint density at radius 1 is 1.04 bits per heavy atom. The molecule has 0 aliphatic rings. The SMILES string of the molecule is COc1ccc(C(=O)c2c(O)[c]([Na])c(OC)c(O)c2S(=O)(=O)O)cc1. The fourth-order valence-electron chi connectivity index (χ4n) is 2.40. The summed E-state index contributed by atoms with van der Waals surface area (Å²) in [5.74, 6) is -2.30. The quantitative estimate of drug-likeness (QED) is 0.296. The van der Waals surface area contributed by atoms with Gasteiger partial charge in [-0.05, 0) is 0 Å². The standard InChI is InChI=1S/C15H13O8S.Na/c1-22-9-5-3-8(4-6-9)13(17)12-10(16)7-11(23-2)14(18)15(12)24(19,20)21;/h3-6,16,18H,1-2H3,(H,19,20,21);. The first-order chi connectivity index (χ1) is 11.6. The minimum absolute atomic E-state index is 0.0339.